The van der Waals surface area contributed by atoms with Crippen LogP contribution >= 0.6 is 0 Å². The summed E-state index contributed by atoms with van der Waals surface area (Å²) >= 11 is 0. The first-order valence-electron chi connectivity index (χ1n) is 7.48. The van der Waals surface area contributed by atoms with E-state index in [0.29, 0.717) is 6.54 Å². The minimum atomic E-state index is -0.977. The molecule has 1 fully saturated rings. The Labute approximate surface area is 120 Å². The SMILES string of the molecule is CCCN(C(=O)N[C@H](C(=O)O)C(C)C)C1CCNCC1. The molecule has 116 valence electrons. The second-order valence-electron chi connectivity index (χ2n) is 5.68. The van der Waals surface area contributed by atoms with E-state index in [1.54, 1.807) is 18.7 Å². The number of piperidine rings is 1. The number of carboxylic acid groups (broad SMARTS) is 1. The smallest absolute Gasteiger partial charge is 0.326 e. The zero-order valence-electron chi connectivity index (χ0n) is 12.7. The van der Waals surface area contributed by atoms with E-state index in [4.69, 9.17) is 0 Å². The summed E-state index contributed by atoms with van der Waals surface area (Å²) in [4.78, 5) is 25.4. The van der Waals surface area contributed by atoms with Crippen LogP contribution in [0.2, 0.25) is 0 Å². The summed E-state index contributed by atoms with van der Waals surface area (Å²) in [5, 5.41) is 15.1. The normalized spacial score (nSPS) is 17.8. The van der Waals surface area contributed by atoms with Crippen LogP contribution < -0.4 is 10.6 Å². The van der Waals surface area contributed by atoms with Gasteiger partial charge in [-0.2, -0.15) is 0 Å². The van der Waals surface area contributed by atoms with Crippen molar-refractivity contribution in [3.63, 3.8) is 0 Å². The molecule has 1 rings (SSSR count). The molecule has 6 heteroatoms. The summed E-state index contributed by atoms with van der Waals surface area (Å²) < 4.78 is 0. The van der Waals surface area contributed by atoms with Crippen LogP contribution in [0.15, 0.2) is 0 Å². The van der Waals surface area contributed by atoms with Crippen molar-refractivity contribution in [1.29, 1.82) is 0 Å². The second-order valence-corrected chi connectivity index (χ2v) is 5.68. The van der Waals surface area contributed by atoms with Crippen molar-refractivity contribution < 1.29 is 14.7 Å². The van der Waals surface area contributed by atoms with E-state index in [1.165, 1.54) is 0 Å². The van der Waals surface area contributed by atoms with E-state index < -0.39 is 12.0 Å². The molecule has 3 N–H and O–H groups in total. The molecular formula is C14H27N3O3. The van der Waals surface area contributed by atoms with E-state index >= 15 is 0 Å². The first-order chi connectivity index (χ1) is 9.47. The van der Waals surface area contributed by atoms with Crippen molar-refractivity contribution >= 4 is 12.0 Å². The second kappa shape index (κ2) is 8.09. The van der Waals surface area contributed by atoms with Crippen molar-refractivity contribution in [2.45, 2.75) is 52.1 Å². The third-order valence-corrected chi connectivity index (χ3v) is 3.69. The van der Waals surface area contributed by atoms with Gasteiger partial charge < -0.3 is 20.6 Å². The van der Waals surface area contributed by atoms with Crippen molar-refractivity contribution in [1.82, 2.24) is 15.5 Å². The Morgan fingerprint density at radius 2 is 1.95 bits per heavy atom. The zero-order valence-corrected chi connectivity index (χ0v) is 12.7. The first kappa shape index (κ1) is 16.8. The molecule has 0 aromatic rings. The monoisotopic (exact) mass is 285 g/mol. The van der Waals surface area contributed by atoms with Gasteiger partial charge in [0, 0.05) is 12.6 Å². The molecule has 0 spiro atoms. The van der Waals surface area contributed by atoms with Gasteiger partial charge in [0.25, 0.3) is 0 Å². The van der Waals surface area contributed by atoms with E-state index in [-0.39, 0.29) is 18.0 Å². The van der Waals surface area contributed by atoms with Crippen LogP contribution in [0.3, 0.4) is 0 Å². The Morgan fingerprint density at radius 3 is 2.40 bits per heavy atom. The van der Waals surface area contributed by atoms with E-state index in [1.807, 2.05) is 6.92 Å². The maximum atomic E-state index is 12.4. The molecule has 0 aromatic carbocycles. The average Bonchev–Trinajstić information content (AvgIpc) is 2.42. The van der Waals surface area contributed by atoms with Gasteiger partial charge in [0.2, 0.25) is 0 Å². The van der Waals surface area contributed by atoms with Crippen LogP contribution in [0.25, 0.3) is 0 Å². The van der Waals surface area contributed by atoms with Crippen molar-refractivity contribution in [3.8, 4) is 0 Å². The summed E-state index contributed by atoms with van der Waals surface area (Å²) in [5.74, 6) is -1.11. The Kier molecular flexibility index (Phi) is 6.78. The highest BCUT2D eigenvalue weighted by atomic mass is 16.4. The summed E-state index contributed by atoms with van der Waals surface area (Å²) in [7, 11) is 0. The molecule has 0 unspecified atom stereocenters. The molecule has 1 aliphatic rings. The predicted octanol–water partition coefficient (Wildman–Crippen LogP) is 1.27. The summed E-state index contributed by atoms with van der Waals surface area (Å²) in [6, 6.07) is -0.874. The standard InChI is InChI=1S/C14H27N3O3/c1-4-9-17(11-5-7-15-8-6-11)14(20)16-12(10(2)3)13(18)19/h10-12,15H,4-9H2,1-3H3,(H,16,20)(H,18,19)/t12-/m0/s1. The molecule has 1 aliphatic heterocycles. The van der Waals surface area contributed by atoms with E-state index in [0.717, 1.165) is 32.4 Å². The number of carbonyl (C=O) groups is 2. The number of rotatable bonds is 6. The number of aliphatic carboxylic acids is 1. The topological polar surface area (TPSA) is 81.7 Å². The largest absolute Gasteiger partial charge is 0.480 e. The highest BCUT2D eigenvalue weighted by Crippen LogP contribution is 2.13. The maximum Gasteiger partial charge on any atom is 0.326 e. The highest BCUT2D eigenvalue weighted by molar-refractivity contribution is 5.83. The fraction of sp³-hybridized carbons (Fsp3) is 0.857. The van der Waals surface area contributed by atoms with Crippen LogP contribution in [0.5, 0.6) is 0 Å². The fourth-order valence-electron chi connectivity index (χ4n) is 2.54. The molecule has 0 saturated carbocycles. The summed E-state index contributed by atoms with van der Waals surface area (Å²) in [6.45, 7) is 8.11. The molecule has 1 atom stereocenters. The van der Waals surface area contributed by atoms with Crippen molar-refractivity contribution in [2.24, 2.45) is 5.92 Å². The lowest BCUT2D eigenvalue weighted by molar-refractivity contribution is -0.140. The van der Waals surface area contributed by atoms with Crippen molar-refractivity contribution in [2.75, 3.05) is 19.6 Å². The number of nitrogens with zero attached hydrogens (tertiary/aromatic N) is 1. The summed E-state index contributed by atoms with van der Waals surface area (Å²) in [5.41, 5.74) is 0. The van der Waals surface area contributed by atoms with Crippen molar-refractivity contribution in [3.05, 3.63) is 0 Å². The van der Waals surface area contributed by atoms with E-state index in [9.17, 15) is 14.7 Å². The van der Waals surface area contributed by atoms with Gasteiger partial charge in [0.15, 0.2) is 0 Å². The number of amides is 2. The van der Waals surface area contributed by atoms with Gasteiger partial charge in [0.1, 0.15) is 6.04 Å². The molecule has 1 heterocycles. The van der Waals surface area contributed by atoms with Gasteiger partial charge in [-0.05, 0) is 38.3 Å². The molecular weight excluding hydrogens is 258 g/mol. The number of nitrogens with one attached hydrogen (secondary N) is 2. The lowest BCUT2D eigenvalue weighted by Gasteiger charge is -2.35. The van der Waals surface area contributed by atoms with Gasteiger partial charge >= 0.3 is 12.0 Å². The third kappa shape index (κ3) is 4.67. The molecule has 6 nitrogen and oxygen atoms in total. The Morgan fingerprint density at radius 1 is 1.35 bits per heavy atom. The molecule has 20 heavy (non-hydrogen) atoms. The Bertz CT molecular complexity index is 328. The zero-order chi connectivity index (χ0) is 15.1. The molecule has 0 radical (unpaired) electrons. The average molecular weight is 285 g/mol. The van der Waals surface area contributed by atoms with Crippen LogP contribution in [0.4, 0.5) is 4.79 Å². The predicted molar refractivity (Wildman–Crippen MR) is 77.7 cm³/mol. The van der Waals surface area contributed by atoms with Crippen LogP contribution in [0, 0.1) is 5.92 Å². The highest BCUT2D eigenvalue weighted by Gasteiger charge is 2.29. The Balaban J connectivity index is 2.69. The Hall–Kier alpha value is -1.30. The van der Waals surface area contributed by atoms with Gasteiger partial charge in [0.05, 0.1) is 0 Å². The van der Waals surface area contributed by atoms with E-state index in [2.05, 4.69) is 10.6 Å². The van der Waals surface area contributed by atoms with Gasteiger partial charge in [-0.1, -0.05) is 20.8 Å². The quantitative estimate of drug-likeness (QED) is 0.686. The summed E-state index contributed by atoms with van der Waals surface area (Å²) in [6.07, 6.45) is 2.72. The lowest BCUT2D eigenvalue weighted by atomic mass is 10.0. The number of carboxylic acids is 1. The van der Waals surface area contributed by atoms with Gasteiger partial charge in [-0.25, -0.2) is 9.59 Å². The number of hydrogen-bond acceptors (Lipinski definition) is 3. The van der Waals surface area contributed by atoms with Crippen LogP contribution in [-0.2, 0) is 4.79 Å². The lowest BCUT2D eigenvalue weighted by Crippen LogP contribution is -2.54. The van der Waals surface area contributed by atoms with Crippen LogP contribution in [0.1, 0.15) is 40.0 Å². The number of hydrogen-bond donors (Lipinski definition) is 3. The fourth-order valence-corrected chi connectivity index (χ4v) is 2.54. The first-order valence-corrected chi connectivity index (χ1v) is 7.48. The molecule has 2 amide bonds. The molecule has 0 aliphatic carbocycles. The third-order valence-electron chi connectivity index (χ3n) is 3.69. The molecule has 1 saturated heterocycles. The minimum Gasteiger partial charge on any atom is -0.480 e. The maximum absolute atomic E-state index is 12.4. The number of urea groups is 1. The molecule has 0 aromatic heterocycles. The van der Waals surface area contributed by atoms with Gasteiger partial charge in [-0.15, -0.1) is 0 Å². The minimum absolute atomic E-state index is 0.132. The molecule has 0 bridgehead atoms. The number of carbonyl (C=O) groups excluding carboxylic acids is 1. The van der Waals surface area contributed by atoms with Gasteiger partial charge in [-0.3, -0.25) is 0 Å². The van der Waals surface area contributed by atoms with Crippen LogP contribution in [-0.4, -0.2) is 53.7 Å².